The molecule has 0 radical (unpaired) electrons. The Labute approximate surface area is 161 Å². The van der Waals surface area contributed by atoms with E-state index in [4.69, 9.17) is 14.6 Å². The molecule has 0 spiro atoms. The van der Waals surface area contributed by atoms with E-state index >= 15 is 0 Å². The molecular formula is C21H18N2O3S. The number of benzene rings is 2. The van der Waals surface area contributed by atoms with Crippen LogP contribution in [0, 0.1) is 0 Å². The molecule has 136 valence electrons. The lowest BCUT2D eigenvalue weighted by atomic mass is 9.97. The maximum absolute atomic E-state index is 10.7. The summed E-state index contributed by atoms with van der Waals surface area (Å²) in [5.41, 5.74) is 2.80. The summed E-state index contributed by atoms with van der Waals surface area (Å²) in [5, 5.41) is 19.6. The molecule has 0 amide bonds. The molecule has 2 aliphatic heterocycles. The molecule has 1 aromatic heterocycles. The number of phenols is 1. The van der Waals surface area contributed by atoms with Crippen LogP contribution in [0.4, 0.5) is 0 Å². The van der Waals surface area contributed by atoms with Crippen LogP contribution in [-0.2, 0) is 0 Å². The number of rotatable bonds is 3. The van der Waals surface area contributed by atoms with Gasteiger partial charge in [-0.05, 0) is 29.6 Å². The molecule has 0 fully saturated rings. The van der Waals surface area contributed by atoms with E-state index in [0.29, 0.717) is 11.3 Å². The number of ether oxygens (including phenoxy) is 2. The Morgan fingerprint density at radius 3 is 2.78 bits per heavy atom. The van der Waals surface area contributed by atoms with Gasteiger partial charge in [-0.25, -0.2) is 5.01 Å². The van der Waals surface area contributed by atoms with E-state index in [1.54, 1.807) is 24.5 Å². The molecule has 27 heavy (non-hydrogen) atoms. The molecule has 1 N–H and O–H groups in total. The maximum Gasteiger partial charge on any atom is 0.217 e. The molecule has 0 saturated carbocycles. The van der Waals surface area contributed by atoms with Crippen molar-refractivity contribution in [1.29, 1.82) is 0 Å². The van der Waals surface area contributed by atoms with Gasteiger partial charge in [-0.15, -0.1) is 11.3 Å². The molecule has 5 rings (SSSR count). The second kappa shape index (κ2) is 6.32. The number of methoxy groups -OCH3 is 1. The van der Waals surface area contributed by atoms with Crippen LogP contribution in [0.3, 0.4) is 0 Å². The first kappa shape index (κ1) is 16.2. The number of phenolic OH excluding ortho intramolecular Hbond substituents is 1. The zero-order chi connectivity index (χ0) is 18.4. The summed E-state index contributed by atoms with van der Waals surface area (Å²) in [6.07, 6.45) is 0.291. The average Bonchev–Trinajstić information content (AvgIpc) is 3.37. The van der Waals surface area contributed by atoms with Gasteiger partial charge < -0.3 is 14.6 Å². The standard InChI is InChI=1S/C21H18N2O3S/c1-25-18-9-4-7-14(20(18)24)21-23-16(13-6-2-3-8-17(13)26-21)12-15(22-23)19-10-5-11-27-19/h2-11,16,21,24H,12H2,1H3/t16-,21-/m1/s1. The monoisotopic (exact) mass is 378 g/mol. The highest BCUT2D eigenvalue weighted by Gasteiger charge is 2.42. The number of hydrazone groups is 1. The molecule has 2 aliphatic rings. The van der Waals surface area contributed by atoms with Crippen LogP contribution in [0.15, 0.2) is 65.1 Å². The summed E-state index contributed by atoms with van der Waals surface area (Å²) in [4.78, 5) is 1.16. The summed E-state index contributed by atoms with van der Waals surface area (Å²) < 4.78 is 11.6. The largest absolute Gasteiger partial charge is 0.504 e. The number of nitrogens with zero attached hydrogens (tertiary/aromatic N) is 2. The van der Waals surface area contributed by atoms with Crippen molar-refractivity contribution >= 4 is 17.0 Å². The summed E-state index contributed by atoms with van der Waals surface area (Å²) >= 11 is 1.69. The van der Waals surface area contributed by atoms with Gasteiger partial charge in [-0.3, -0.25) is 0 Å². The third-order valence-electron chi connectivity index (χ3n) is 5.02. The topological polar surface area (TPSA) is 54.3 Å². The van der Waals surface area contributed by atoms with Gasteiger partial charge in [0.2, 0.25) is 6.23 Å². The molecule has 5 nitrogen and oxygen atoms in total. The van der Waals surface area contributed by atoms with E-state index in [1.165, 1.54) is 0 Å². The minimum atomic E-state index is -0.516. The minimum absolute atomic E-state index is 0.0719. The highest BCUT2D eigenvalue weighted by Crippen LogP contribution is 2.49. The van der Waals surface area contributed by atoms with Gasteiger partial charge in [0.25, 0.3) is 0 Å². The van der Waals surface area contributed by atoms with E-state index in [-0.39, 0.29) is 11.8 Å². The van der Waals surface area contributed by atoms with Crippen LogP contribution in [-0.4, -0.2) is 22.9 Å². The van der Waals surface area contributed by atoms with Crippen molar-refractivity contribution in [3.05, 3.63) is 76.0 Å². The Bertz CT molecular complexity index is 1020. The van der Waals surface area contributed by atoms with Crippen LogP contribution < -0.4 is 9.47 Å². The Hall–Kier alpha value is -2.99. The maximum atomic E-state index is 10.7. The molecular weight excluding hydrogens is 360 g/mol. The third-order valence-corrected chi connectivity index (χ3v) is 5.94. The number of thiophene rings is 1. The van der Waals surface area contributed by atoms with Crippen molar-refractivity contribution in [2.45, 2.75) is 18.7 Å². The number of para-hydroxylation sites is 2. The lowest BCUT2D eigenvalue weighted by Crippen LogP contribution is -2.33. The SMILES string of the molecule is COc1cccc([C@H]2Oc3ccccc3[C@H]3CC(c4cccs4)=NN32)c1O. The summed E-state index contributed by atoms with van der Waals surface area (Å²) in [5.74, 6) is 1.34. The zero-order valence-electron chi connectivity index (χ0n) is 14.7. The molecule has 6 heteroatoms. The van der Waals surface area contributed by atoms with Gasteiger partial charge in [-0.2, -0.15) is 5.10 Å². The summed E-state index contributed by atoms with van der Waals surface area (Å²) in [6, 6.07) is 17.7. The summed E-state index contributed by atoms with van der Waals surface area (Å²) in [6.45, 7) is 0. The van der Waals surface area contributed by atoms with Gasteiger partial charge in [0, 0.05) is 12.0 Å². The van der Waals surface area contributed by atoms with E-state index in [9.17, 15) is 5.11 Å². The highest BCUT2D eigenvalue weighted by atomic mass is 32.1. The molecule has 3 aromatic rings. The van der Waals surface area contributed by atoms with Crippen LogP contribution in [0.2, 0.25) is 0 Å². The van der Waals surface area contributed by atoms with Crippen molar-refractivity contribution in [3.63, 3.8) is 0 Å². The van der Waals surface area contributed by atoms with Crippen LogP contribution >= 0.6 is 11.3 Å². The van der Waals surface area contributed by atoms with Gasteiger partial charge in [-0.1, -0.05) is 30.3 Å². The van der Waals surface area contributed by atoms with Crippen molar-refractivity contribution in [1.82, 2.24) is 5.01 Å². The normalized spacial score (nSPS) is 20.5. The fourth-order valence-corrected chi connectivity index (χ4v) is 4.46. The first-order valence-corrected chi connectivity index (χ1v) is 9.65. The van der Waals surface area contributed by atoms with E-state index in [0.717, 1.165) is 28.3 Å². The number of hydrogen-bond acceptors (Lipinski definition) is 6. The molecule has 2 atom stereocenters. The number of aromatic hydroxyl groups is 1. The predicted molar refractivity (Wildman–Crippen MR) is 105 cm³/mol. The molecule has 0 aliphatic carbocycles. The quantitative estimate of drug-likeness (QED) is 0.717. The van der Waals surface area contributed by atoms with E-state index < -0.39 is 6.23 Å². The van der Waals surface area contributed by atoms with E-state index in [2.05, 4.69) is 17.5 Å². The highest BCUT2D eigenvalue weighted by molar-refractivity contribution is 7.12. The minimum Gasteiger partial charge on any atom is -0.504 e. The van der Waals surface area contributed by atoms with Crippen molar-refractivity contribution in [2.24, 2.45) is 5.10 Å². The lowest BCUT2D eigenvalue weighted by Gasteiger charge is -2.38. The van der Waals surface area contributed by atoms with Crippen LogP contribution in [0.5, 0.6) is 17.2 Å². The first-order chi connectivity index (χ1) is 13.3. The fourth-order valence-electron chi connectivity index (χ4n) is 3.73. The number of hydrogen-bond donors (Lipinski definition) is 1. The van der Waals surface area contributed by atoms with Gasteiger partial charge in [0.05, 0.1) is 29.3 Å². The fraction of sp³-hybridized carbons (Fsp3) is 0.190. The predicted octanol–water partition coefficient (Wildman–Crippen LogP) is 4.70. The van der Waals surface area contributed by atoms with Gasteiger partial charge >= 0.3 is 0 Å². The van der Waals surface area contributed by atoms with Crippen molar-refractivity contribution in [2.75, 3.05) is 7.11 Å². The van der Waals surface area contributed by atoms with Gasteiger partial charge in [0.15, 0.2) is 11.5 Å². The molecule has 0 unspecified atom stereocenters. The zero-order valence-corrected chi connectivity index (χ0v) is 15.5. The Morgan fingerprint density at radius 2 is 1.96 bits per heavy atom. The van der Waals surface area contributed by atoms with Gasteiger partial charge in [0.1, 0.15) is 5.75 Å². The smallest absolute Gasteiger partial charge is 0.217 e. The Kier molecular flexibility index (Phi) is 3.79. The van der Waals surface area contributed by atoms with E-state index in [1.807, 2.05) is 41.4 Å². The Balaban J connectivity index is 1.63. The summed E-state index contributed by atoms with van der Waals surface area (Å²) in [7, 11) is 1.54. The Morgan fingerprint density at radius 1 is 1.11 bits per heavy atom. The molecule has 3 heterocycles. The first-order valence-electron chi connectivity index (χ1n) is 8.77. The van der Waals surface area contributed by atoms with Crippen molar-refractivity contribution < 1.29 is 14.6 Å². The van der Waals surface area contributed by atoms with Crippen molar-refractivity contribution in [3.8, 4) is 17.2 Å². The third kappa shape index (κ3) is 2.56. The van der Waals surface area contributed by atoms with Crippen LogP contribution in [0.1, 0.15) is 34.7 Å². The second-order valence-electron chi connectivity index (χ2n) is 6.53. The molecule has 2 aromatic carbocycles. The molecule has 0 saturated heterocycles. The molecule has 0 bridgehead atoms. The lowest BCUT2D eigenvalue weighted by molar-refractivity contribution is -0.0205. The second-order valence-corrected chi connectivity index (χ2v) is 7.48. The number of fused-ring (bicyclic) bond motifs is 3. The average molecular weight is 378 g/mol. The van der Waals surface area contributed by atoms with Crippen LogP contribution in [0.25, 0.3) is 0 Å².